The van der Waals surface area contributed by atoms with E-state index in [4.69, 9.17) is 33.2 Å². The number of hydrogen-bond acceptors (Lipinski definition) is 11. The van der Waals surface area contributed by atoms with E-state index in [0.717, 1.165) is 181 Å². The molecule has 3 fully saturated rings. The van der Waals surface area contributed by atoms with E-state index in [1.807, 2.05) is 91.9 Å². The lowest BCUT2D eigenvalue weighted by Crippen LogP contribution is -2.21. The summed E-state index contributed by atoms with van der Waals surface area (Å²) in [5.74, 6) is 1.99. The van der Waals surface area contributed by atoms with Gasteiger partial charge in [-0.3, -0.25) is 4.39 Å². The predicted octanol–water partition coefficient (Wildman–Crippen LogP) is 15.5. The lowest BCUT2D eigenvalue weighted by Gasteiger charge is -2.25. The molecule has 0 aromatic heterocycles. The molecular formula is C71H80F3IO12. The molecule has 3 atom stereocenters. The number of esters is 2. The summed E-state index contributed by atoms with van der Waals surface area (Å²) >= 11 is 1.98. The van der Waals surface area contributed by atoms with Gasteiger partial charge in [-0.25, -0.2) is 23.2 Å². The van der Waals surface area contributed by atoms with Crippen LogP contribution in [0.4, 0.5) is 13.2 Å². The molecule has 3 heterocycles. The van der Waals surface area contributed by atoms with Gasteiger partial charge >= 0.3 is 17.9 Å². The van der Waals surface area contributed by atoms with Crippen molar-refractivity contribution in [3.63, 3.8) is 0 Å². The zero-order chi connectivity index (χ0) is 61.7. The van der Waals surface area contributed by atoms with Gasteiger partial charge in [0.1, 0.15) is 30.6 Å². The van der Waals surface area contributed by atoms with Crippen LogP contribution in [0.5, 0.6) is 17.2 Å². The van der Waals surface area contributed by atoms with Gasteiger partial charge in [-0.05, 0) is 235 Å². The molecule has 87 heavy (non-hydrogen) atoms. The number of methoxy groups -OCH3 is 2. The topological polar surface area (TPSA) is 156 Å². The summed E-state index contributed by atoms with van der Waals surface area (Å²) in [5.41, 5.74) is 17.9. The van der Waals surface area contributed by atoms with Gasteiger partial charge in [0.05, 0.1) is 53.9 Å². The molecule has 12 rings (SSSR count). The Labute approximate surface area is 522 Å². The third kappa shape index (κ3) is 15.7. The minimum absolute atomic E-state index is 0.148. The molecule has 3 aliphatic carbocycles. The molecule has 6 aliphatic rings. The summed E-state index contributed by atoms with van der Waals surface area (Å²) < 4.78 is 75.1. The molecule has 0 spiro atoms. The van der Waals surface area contributed by atoms with Crippen LogP contribution in [0.3, 0.4) is 0 Å². The Bertz CT molecular complexity index is 3390. The molecule has 3 aliphatic heterocycles. The van der Waals surface area contributed by atoms with Gasteiger partial charge in [0.2, 0.25) is 0 Å². The number of aliphatic carboxylic acids is 1. The van der Waals surface area contributed by atoms with Crippen LogP contribution < -0.4 is 14.2 Å². The minimum Gasteiger partial charge on any atom is -0.493 e. The van der Waals surface area contributed by atoms with Crippen molar-refractivity contribution in [3.05, 3.63) is 158 Å². The second kappa shape index (κ2) is 30.6. The Morgan fingerprint density at radius 2 is 0.862 bits per heavy atom. The van der Waals surface area contributed by atoms with E-state index in [0.29, 0.717) is 33.3 Å². The lowest BCUT2D eigenvalue weighted by atomic mass is 9.85. The molecule has 0 saturated heterocycles. The van der Waals surface area contributed by atoms with E-state index >= 15 is 0 Å². The number of carboxylic acids is 1. The molecule has 0 bridgehead atoms. The average Bonchev–Trinajstić information content (AvgIpc) is 2.10. The minimum atomic E-state index is -1.28. The fourth-order valence-electron chi connectivity index (χ4n) is 12.2. The Hall–Kier alpha value is -6.47. The number of halogens is 4. The number of carboxylic acid groups (broad SMARTS) is 1. The molecule has 16 heteroatoms. The number of ether oxygens (including phenoxy) is 7. The first kappa shape index (κ1) is 65.0. The van der Waals surface area contributed by atoms with Gasteiger partial charge in [0.15, 0.2) is 18.3 Å². The maximum atomic E-state index is 12.9. The maximum absolute atomic E-state index is 12.9. The number of carbonyl (C=O) groups excluding carboxylic acids is 2. The monoisotopic (exact) mass is 1310 g/mol. The SMILES string of the molecule is COC(=O)C(O)c1c(C)ccc(C2CC2)c1-c1ccc2c(c1)CCCO2.COC(=O)C(OCCF)c1c(C)ccc(C2CC2)c1-c1ccc2c(c1)CCCO2.Cc1ccc(C2CC2)c(-c2ccc3c(c2)CCCO3)c1C(OCCF)C(=O)O.FCCI. The van der Waals surface area contributed by atoms with Gasteiger partial charge in [0, 0.05) is 21.1 Å². The van der Waals surface area contributed by atoms with Crippen molar-refractivity contribution in [2.75, 3.05) is 71.7 Å². The van der Waals surface area contributed by atoms with Crippen molar-refractivity contribution < 1.29 is 70.9 Å². The predicted molar refractivity (Wildman–Crippen MR) is 338 cm³/mol. The summed E-state index contributed by atoms with van der Waals surface area (Å²) in [5, 5.41) is 20.5. The first-order valence-electron chi connectivity index (χ1n) is 30.5. The van der Waals surface area contributed by atoms with E-state index in [1.165, 1.54) is 36.5 Å². The number of carbonyl (C=O) groups is 3. The number of rotatable bonds is 19. The standard InChI is InChI=1S/C24H27FO4.C23H25FO4.C22H24O4.C2H4FI/c1-15-5-9-19(16-6-7-16)22(21(15)23(24(26)27-2)29-13-11-25)18-8-10-20-17(14-18)4-3-12-28-20;1-14-4-8-18(15-5-6-15)21(20(14)22(23(25)26)28-12-10-24)17-7-9-19-16(13-17)3-2-11-27-19;1-13-5-9-17(14-6-7-14)20(19(13)21(23)22(24)25-2)16-8-10-18-15(12-16)4-3-11-26-18;3-1-2-4/h5,8-10,14,16,23H,3-4,6-7,11-13H2,1-2H3;4,7-9,13,15,22H,2-3,5-6,10-12H2,1H3,(H,25,26);5,8-10,12,14,21,23H,3-4,6-7,11H2,1-2H3;1-2H2. The fourth-order valence-corrected chi connectivity index (χ4v) is 12.2. The highest BCUT2D eigenvalue weighted by Crippen LogP contribution is 2.51. The van der Waals surface area contributed by atoms with Crippen molar-refractivity contribution in [2.24, 2.45) is 0 Å². The third-order valence-electron chi connectivity index (χ3n) is 16.8. The van der Waals surface area contributed by atoms with Crippen molar-refractivity contribution in [1.82, 2.24) is 0 Å². The average molecular weight is 1310 g/mol. The van der Waals surface area contributed by atoms with Crippen LogP contribution in [-0.4, -0.2) is 99.8 Å². The number of alkyl halides is 4. The Morgan fingerprint density at radius 1 is 0.517 bits per heavy atom. The van der Waals surface area contributed by atoms with Gasteiger partial charge in [-0.1, -0.05) is 77.2 Å². The Balaban J connectivity index is 0.000000151. The van der Waals surface area contributed by atoms with Gasteiger partial charge < -0.3 is 43.4 Å². The van der Waals surface area contributed by atoms with Crippen molar-refractivity contribution >= 4 is 40.5 Å². The second-order valence-electron chi connectivity index (χ2n) is 23.0. The number of aryl methyl sites for hydroxylation is 6. The van der Waals surface area contributed by atoms with Gasteiger partial charge in [0.25, 0.3) is 0 Å². The smallest absolute Gasteiger partial charge is 0.339 e. The quantitative estimate of drug-likeness (QED) is 0.0450. The van der Waals surface area contributed by atoms with Crippen molar-refractivity contribution in [2.45, 2.75) is 134 Å². The highest BCUT2D eigenvalue weighted by Gasteiger charge is 2.37. The molecule has 6 aromatic carbocycles. The highest BCUT2D eigenvalue weighted by atomic mass is 127. The maximum Gasteiger partial charge on any atom is 0.339 e. The Kier molecular flexibility index (Phi) is 22.9. The van der Waals surface area contributed by atoms with E-state index in [2.05, 4.69) is 42.5 Å². The van der Waals surface area contributed by atoms with Crippen molar-refractivity contribution in [3.8, 4) is 50.6 Å². The molecule has 0 amide bonds. The molecule has 6 aromatic rings. The summed E-state index contributed by atoms with van der Waals surface area (Å²) in [6.45, 7) is 6.09. The first-order valence-corrected chi connectivity index (χ1v) is 32.0. The lowest BCUT2D eigenvalue weighted by molar-refractivity contribution is -0.155. The van der Waals surface area contributed by atoms with Crippen LogP contribution in [0.2, 0.25) is 0 Å². The van der Waals surface area contributed by atoms with Crippen LogP contribution in [0.1, 0.15) is 161 Å². The molecular weight excluding hydrogens is 1230 g/mol. The highest BCUT2D eigenvalue weighted by molar-refractivity contribution is 14.1. The molecule has 3 unspecified atom stereocenters. The number of hydrogen-bond donors (Lipinski definition) is 2. The first-order chi connectivity index (χ1) is 42.2. The second-order valence-corrected chi connectivity index (χ2v) is 24.1. The number of aliphatic hydroxyl groups excluding tert-OH is 1. The van der Waals surface area contributed by atoms with Crippen LogP contribution in [0, 0.1) is 20.8 Å². The van der Waals surface area contributed by atoms with E-state index in [-0.39, 0.29) is 19.9 Å². The molecule has 464 valence electrons. The van der Waals surface area contributed by atoms with Gasteiger partial charge in [-0.15, -0.1) is 0 Å². The summed E-state index contributed by atoms with van der Waals surface area (Å²) in [4.78, 5) is 36.7. The number of aliphatic hydroxyl groups is 1. The van der Waals surface area contributed by atoms with Crippen LogP contribution in [-0.2, 0) is 52.6 Å². The normalized spacial score (nSPS) is 16.5. The van der Waals surface area contributed by atoms with Crippen molar-refractivity contribution in [1.29, 1.82) is 0 Å². The third-order valence-corrected chi connectivity index (χ3v) is 17.2. The largest absolute Gasteiger partial charge is 0.493 e. The number of fused-ring (bicyclic) bond motifs is 3. The Morgan fingerprint density at radius 3 is 1.20 bits per heavy atom. The van der Waals surface area contributed by atoms with Crippen LogP contribution in [0.25, 0.3) is 33.4 Å². The zero-order valence-electron chi connectivity index (χ0n) is 50.5. The molecule has 3 saturated carbocycles. The van der Waals surface area contributed by atoms with E-state index in [1.54, 1.807) is 0 Å². The van der Waals surface area contributed by atoms with E-state index < -0.39 is 49.6 Å². The van der Waals surface area contributed by atoms with Crippen LogP contribution in [0.15, 0.2) is 91.0 Å². The molecule has 12 nitrogen and oxygen atoms in total. The van der Waals surface area contributed by atoms with E-state index in [9.17, 15) is 37.8 Å². The zero-order valence-corrected chi connectivity index (χ0v) is 52.6. The fraction of sp³-hybridized carbons (Fsp3) is 0.451. The molecule has 0 radical (unpaired) electrons. The summed E-state index contributed by atoms with van der Waals surface area (Å²) in [6, 6.07) is 30.9. The summed E-state index contributed by atoms with van der Waals surface area (Å²) in [6.07, 6.45) is 9.27. The van der Waals surface area contributed by atoms with Crippen LogP contribution >= 0.6 is 22.6 Å². The van der Waals surface area contributed by atoms with Gasteiger partial charge in [-0.2, -0.15) is 0 Å². The summed E-state index contributed by atoms with van der Waals surface area (Å²) in [7, 11) is 2.64. The number of benzene rings is 6. The molecule has 2 N–H and O–H groups in total.